The number of rotatable bonds is 3. The number of nitrogens with one attached hydrogen (secondary N) is 1. The second-order valence-electron chi connectivity index (χ2n) is 4.76. The van der Waals surface area contributed by atoms with E-state index in [0.717, 1.165) is 5.56 Å². The summed E-state index contributed by atoms with van der Waals surface area (Å²) in [5, 5.41) is 0.202. The van der Waals surface area contributed by atoms with Gasteiger partial charge in [-0.25, -0.2) is 4.79 Å². The summed E-state index contributed by atoms with van der Waals surface area (Å²) < 4.78 is 2.91. The van der Waals surface area contributed by atoms with Crippen molar-refractivity contribution in [1.82, 2.24) is 19.1 Å². The van der Waals surface area contributed by atoms with Gasteiger partial charge in [0.2, 0.25) is 5.28 Å². The number of aryl methyl sites for hydroxylation is 3. The van der Waals surface area contributed by atoms with Crippen LogP contribution in [0.4, 0.5) is 0 Å². The maximum Gasteiger partial charge on any atom is 0.329 e. The zero-order valence-electron chi connectivity index (χ0n) is 11.3. The molecule has 1 N–H and O–H groups in total. The number of H-pyrrole nitrogens is 1. The van der Waals surface area contributed by atoms with Crippen LogP contribution >= 0.6 is 11.6 Å². The normalized spacial score (nSPS) is 11.1. The van der Waals surface area contributed by atoms with Crippen LogP contribution in [-0.2, 0) is 20.0 Å². The minimum absolute atomic E-state index is 0.202. The summed E-state index contributed by atoms with van der Waals surface area (Å²) >= 11 is 6.11. The van der Waals surface area contributed by atoms with Crippen LogP contribution in [0.5, 0.6) is 0 Å². The van der Waals surface area contributed by atoms with Crippen molar-refractivity contribution in [3.63, 3.8) is 0 Å². The minimum Gasteiger partial charge on any atom is -0.308 e. The first-order chi connectivity index (χ1) is 10.1. The van der Waals surface area contributed by atoms with Crippen LogP contribution in [0.1, 0.15) is 5.56 Å². The maximum atomic E-state index is 12.0. The summed E-state index contributed by atoms with van der Waals surface area (Å²) in [7, 11) is 1.55. The fourth-order valence-corrected chi connectivity index (χ4v) is 2.55. The summed E-state index contributed by atoms with van der Waals surface area (Å²) in [4.78, 5) is 30.0. The van der Waals surface area contributed by atoms with Gasteiger partial charge in [-0.2, -0.15) is 4.98 Å². The van der Waals surface area contributed by atoms with Crippen molar-refractivity contribution in [3.8, 4) is 0 Å². The van der Waals surface area contributed by atoms with Gasteiger partial charge in [-0.15, -0.1) is 0 Å². The Kier molecular flexibility index (Phi) is 3.39. The SMILES string of the molecule is Cn1c(=O)[nH]c(=O)c2c1nc(Cl)n2CCc1ccccc1. The first-order valence-corrected chi connectivity index (χ1v) is 6.84. The highest BCUT2D eigenvalue weighted by atomic mass is 35.5. The number of hydrogen-bond donors (Lipinski definition) is 1. The van der Waals surface area contributed by atoms with Crippen molar-refractivity contribution >= 4 is 22.8 Å². The molecule has 6 nitrogen and oxygen atoms in total. The van der Waals surface area contributed by atoms with Gasteiger partial charge in [0.15, 0.2) is 11.2 Å². The molecular formula is C14H13ClN4O2. The molecule has 108 valence electrons. The van der Waals surface area contributed by atoms with Gasteiger partial charge in [-0.3, -0.25) is 14.3 Å². The first-order valence-electron chi connectivity index (χ1n) is 6.47. The number of hydrogen-bond acceptors (Lipinski definition) is 3. The van der Waals surface area contributed by atoms with Crippen LogP contribution in [0.15, 0.2) is 39.9 Å². The minimum atomic E-state index is -0.503. The van der Waals surface area contributed by atoms with Crippen molar-refractivity contribution < 1.29 is 0 Å². The quantitative estimate of drug-likeness (QED) is 0.742. The number of halogens is 1. The third-order valence-electron chi connectivity index (χ3n) is 3.43. The summed E-state index contributed by atoms with van der Waals surface area (Å²) in [6, 6.07) is 9.88. The smallest absolute Gasteiger partial charge is 0.308 e. The summed E-state index contributed by atoms with van der Waals surface area (Å²) in [6.45, 7) is 0.515. The number of aromatic nitrogens is 4. The van der Waals surface area contributed by atoms with Crippen molar-refractivity contribution in [2.24, 2.45) is 7.05 Å². The van der Waals surface area contributed by atoms with Gasteiger partial charge in [0.25, 0.3) is 5.56 Å². The van der Waals surface area contributed by atoms with Crippen LogP contribution in [0.2, 0.25) is 5.28 Å². The topological polar surface area (TPSA) is 72.7 Å². The van der Waals surface area contributed by atoms with E-state index in [4.69, 9.17) is 11.6 Å². The molecule has 0 saturated heterocycles. The van der Waals surface area contributed by atoms with E-state index in [-0.39, 0.29) is 5.28 Å². The molecule has 0 aliphatic rings. The molecule has 0 radical (unpaired) electrons. The number of imidazole rings is 1. The molecule has 3 rings (SSSR count). The Morgan fingerprint density at radius 3 is 2.67 bits per heavy atom. The Hall–Kier alpha value is -2.34. The van der Waals surface area contributed by atoms with E-state index >= 15 is 0 Å². The highest BCUT2D eigenvalue weighted by molar-refractivity contribution is 6.29. The third kappa shape index (κ3) is 2.38. The molecule has 2 heterocycles. The fourth-order valence-electron chi connectivity index (χ4n) is 2.30. The highest BCUT2D eigenvalue weighted by Gasteiger charge is 2.15. The molecule has 2 aromatic heterocycles. The van der Waals surface area contributed by atoms with Gasteiger partial charge in [-0.05, 0) is 23.6 Å². The van der Waals surface area contributed by atoms with E-state index in [1.807, 2.05) is 30.3 Å². The second kappa shape index (κ2) is 5.21. The van der Waals surface area contributed by atoms with Crippen LogP contribution in [0.25, 0.3) is 11.2 Å². The molecule has 0 spiro atoms. The van der Waals surface area contributed by atoms with Gasteiger partial charge >= 0.3 is 5.69 Å². The van der Waals surface area contributed by atoms with Gasteiger partial charge in [0.1, 0.15) is 0 Å². The molecule has 7 heteroatoms. The van der Waals surface area contributed by atoms with E-state index in [1.165, 1.54) is 4.57 Å². The van der Waals surface area contributed by atoms with Crippen molar-refractivity contribution in [3.05, 3.63) is 62.0 Å². The van der Waals surface area contributed by atoms with Crippen LogP contribution in [-0.4, -0.2) is 19.1 Å². The Bertz CT molecular complexity index is 908. The highest BCUT2D eigenvalue weighted by Crippen LogP contribution is 2.16. The predicted octanol–water partition coefficient (Wildman–Crippen LogP) is 1.32. The molecule has 0 aliphatic carbocycles. The van der Waals surface area contributed by atoms with Crippen molar-refractivity contribution in [2.75, 3.05) is 0 Å². The number of fused-ring (bicyclic) bond motifs is 1. The Morgan fingerprint density at radius 1 is 1.24 bits per heavy atom. The van der Waals surface area contributed by atoms with E-state index < -0.39 is 11.2 Å². The molecule has 0 saturated carbocycles. The number of nitrogens with zero attached hydrogens (tertiary/aromatic N) is 3. The molecule has 21 heavy (non-hydrogen) atoms. The van der Waals surface area contributed by atoms with Crippen LogP contribution in [0.3, 0.4) is 0 Å². The van der Waals surface area contributed by atoms with Gasteiger partial charge < -0.3 is 4.57 Å². The van der Waals surface area contributed by atoms with Crippen molar-refractivity contribution in [1.29, 1.82) is 0 Å². The number of benzene rings is 1. The second-order valence-corrected chi connectivity index (χ2v) is 5.10. The van der Waals surface area contributed by atoms with Crippen LogP contribution in [0, 0.1) is 0 Å². The Labute approximate surface area is 124 Å². The zero-order valence-corrected chi connectivity index (χ0v) is 12.1. The molecule has 0 aliphatic heterocycles. The summed E-state index contributed by atoms with van der Waals surface area (Å²) in [6.07, 6.45) is 0.717. The average Bonchev–Trinajstić information content (AvgIpc) is 2.81. The van der Waals surface area contributed by atoms with E-state index in [9.17, 15) is 9.59 Å². The molecule has 0 bridgehead atoms. The van der Waals surface area contributed by atoms with E-state index in [1.54, 1.807) is 11.6 Å². The van der Waals surface area contributed by atoms with Gasteiger partial charge in [0.05, 0.1) is 0 Å². The molecule has 0 amide bonds. The lowest BCUT2D eigenvalue weighted by atomic mass is 10.1. The third-order valence-corrected chi connectivity index (χ3v) is 3.72. The fraction of sp³-hybridized carbons (Fsp3) is 0.214. The molecule has 0 fully saturated rings. The van der Waals surface area contributed by atoms with Gasteiger partial charge in [-0.1, -0.05) is 30.3 Å². The lowest BCUT2D eigenvalue weighted by Gasteiger charge is -2.05. The zero-order chi connectivity index (χ0) is 15.0. The number of aromatic amines is 1. The van der Waals surface area contributed by atoms with E-state index in [2.05, 4.69) is 9.97 Å². The Morgan fingerprint density at radius 2 is 1.95 bits per heavy atom. The molecule has 3 aromatic rings. The summed E-state index contributed by atoms with van der Waals surface area (Å²) in [5.41, 5.74) is 0.772. The Balaban J connectivity index is 2.07. The summed E-state index contributed by atoms with van der Waals surface area (Å²) in [5.74, 6) is 0. The standard InChI is InChI=1S/C14H13ClN4O2/c1-18-11-10(12(20)17-14(18)21)19(13(15)16-11)8-7-9-5-3-2-4-6-9/h2-6H,7-8H2,1H3,(H,17,20,21). The largest absolute Gasteiger partial charge is 0.329 e. The maximum absolute atomic E-state index is 12.0. The van der Waals surface area contributed by atoms with Gasteiger partial charge in [0, 0.05) is 13.6 Å². The monoisotopic (exact) mass is 304 g/mol. The lowest BCUT2D eigenvalue weighted by Crippen LogP contribution is -2.29. The predicted molar refractivity (Wildman–Crippen MR) is 80.8 cm³/mol. The lowest BCUT2D eigenvalue weighted by molar-refractivity contribution is 0.712. The van der Waals surface area contributed by atoms with Crippen LogP contribution < -0.4 is 11.2 Å². The molecule has 0 unspecified atom stereocenters. The first kappa shape index (κ1) is 13.6. The van der Waals surface area contributed by atoms with Crippen molar-refractivity contribution in [2.45, 2.75) is 13.0 Å². The molecule has 0 atom stereocenters. The van der Waals surface area contributed by atoms with E-state index in [0.29, 0.717) is 24.1 Å². The molecule has 1 aromatic carbocycles. The average molecular weight is 305 g/mol. The molecular weight excluding hydrogens is 292 g/mol.